The Morgan fingerprint density at radius 1 is 0.979 bits per heavy atom. The Balaban J connectivity index is 1.69. The van der Waals surface area contributed by atoms with Crippen LogP contribution < -0.4 is 5.56 Å². The third-order valence-corrected chi connectivity index (χ3v) is 8.34. The SMILES string of the molecule is [2H]c1c([2H])c(C([2H])([2H])Sc2nc(=O)c3c(n2C([2H])([2H])C(=O)N(CCN(CC)CC)Cc2c([2H])c([2H])c(-c4c([2H])c([2H])c(C(F)(F)F)c(C)c4[2H])c([2H])c2[2H])CCC3)c([2H])c([2H])c1F. The number of carbonyl (C=O) groups is 1. The third-order valence-electron chi connectivity index (χ3n) is 7.58. The molecule has 0 radical (unpaired) electrons. The largest absolute Gasteiger partial charge is 0.416 e. The predicted molar refractivity (Wildman–Crippen MR) is 181 cm³/mol. The highest BCUT2D eigenvalue weighted by molar-refractivity contribution is 7.98. The first kappa shape index (κ1) is 20.5. The van der Waals surface area contributed by atoms with E-state index in [1.807, 2.05) is 4.90 Å². The molecule has 0 saturated heterocycles. The fourth-order valence-electron chi connectivity index (χ4n) is 5.02. The van der Waals surface area contributed by atoms with Crippen molar-refractivity contribution in [2.75, 3.05) is 26.2 Å². The molecule has 11 heteroatoms. The summed E-state index contributed by atoms with van der Waals surface area (Å²) in [4.78, 5) is 34.7. The molecule has 6 nitrogen and oxygen atoms in total. The quantitative estimate of drug-likeness (QED) is 0.0823. The molecule has 1 amide bonds. The van der Waals surface area contributed by atoms with Crippen molar-refractivity contribution in [1.82, 2.24) is 19.4 Å². The van der Waals surface area contributed by atoms with E-state index in [4.69, 9.17) is 17.8 Å². The fraction of sp³-hybridized carbons (Fsp3) is 0.378. The number of alkyl halides is 3. The summed E-state index contributed by atoms with van der Waals surface area (Å²) in [5.74, 6) is -2.95. The smallest absolute Gasteiger partial charge is 0.336 e. The molecule has 0 fully saturated rings. The normalized spacial score (nSPS) is 17.9. The Labute approximate surface area is 303 Å². The highest BCUT2D eigenvalue weighted by Gasteiger charge is 2.32. The van der Waals surface area contributed by atoms with Crippen molar-refractivity contribution >= 4 is 17.7 Å². The predicted octanol–water partition coefficient (Wildman–Crippen LogP) is 7.53. The van der Waals surface area contributed by atoms with Crippen LogP contribution >= 0.6 is 11.8 Å². The molecule has 1 heterocycles. The molecule has 5 rings (SSSR count). The van der Waals surface area contributed by atoms with E-state index in [1.165, 1.54) is 0 Å². The zero-order chi connectivity index (χ0) is 47.6. The van der Waals surface area contributed by atoms with E-state index in [0.717, 1.165) is 11.8 Å². The summed E-state index contributed by atoms with van der Waals surface area (Å²) < 4.78 is 186. The van der Waals surface area contributed by atoms with Gasteiger partial charge in [0.2, 0.25) is 5.91 Å². The van der Waals surface area contributed by atoms with Gasteiger partial charge in [-0.25, -0.2) is 4.39 Å². The van der Waals surface area contributed by atoms with E-state index in [-0.39, 0.29) is 55.4 Å². The number of nitrogens with zero attached hydrogens (tertiary/aromatic N) is 4. The topological polar surface area (TPSA) is 58.4 Å². The van der Waals surface area contributed by atoms with Gasteiger partial charge in [0.15, 0.2) is 5.16 Å². The maximum atomic E-state index is 14.8. The first-order valence-electron chi connectivity index (χ1n) is 22.5. The van der Waals surface area contributed by atoms with Crippen molar-refractivity contribution in [3.63, 3.8) is 0 Å². The van der Waals surface area contributed by atoms with E-state index < -0.39 is 147 Å². The molecule has 0 aliphatic heterocycles. The monoisotopic (exact) mass is 695 g/mol. The first-order valence-corrected chi connectivity index (χ1v) is 15.8. The maximum absolute atomic E-state index is 14.8. The van der Waals surface area contributed by atoms with Crippen molar-refractivity contribution in [3.8, 4) is 11.1 Å². The van der Waals surface area contributed by atoms with Gasteiger partial charge in [-0.2, -0.15) is 18.2 Å². The minimum Gasteiger partial charge on any atom is -0.336 e. The van der Waals surface area contributed by atoms with Crippen molar-refractivity contribution in [2.24, 2.45) is 0 Å². The zero-order valence-corrected chi connectivity index (χ0v) is 27.0. The number of likely N-dealkylation sites (N-methyl/N-ethyl adjacent to an activating group) is 1. The molecule has 4 aromatic rings. The number of benzene rings is 3. The van der Waals surface area contributed by atoms with Crippen LogP contribution in [0.15, 0.2) is 76.4 Å². The number of carbonyl (C=O) groups excluding carboxylic acids is 1. The summed E-state index contributed by atoms with van der Waals surface area (Å²) in [7, 11) is 0. The number of aromatic nitrogens is 2. The van der Waals surface area contributed by atoms with Crippen LogP contribution in [0.3, 0.4) is 0 Å². The average molecular weight is 696 g/mol. The summed E-state index contributed by atoms with van der Waals surface area (Å²) in [5, 5.41) is -0.763. The van der Waals surface area contributed by atoms with E-state index in [9.17, 15) is 29.9 Å². The molecular formula is C37H40F4N4O2S. The van der Waals surface area contributed by atoms with Crippen LogP contribution in [0.25, 0.3) is 11.1 Å². The molecule has 0 atom stereocenters. The molecule has 0 unspecified atom stereocenters. The van der Waals surface area contributed by atoms with Crippen molar-refractivity contribution in [2.45, 2.75) is 70.1 Å². The van der Waals surface area contributed by atoms with Gasteiger partial charge in [-0.3, -0.25) is 9.59 Å². The highest BCUT2D eigenvalue weighted by atomic mass is 32.2. The van der Waals surface area contributed by atoms with Crippen LogP contribution in [-0.2, 0) is 42.6 Å². The van der Waals surface area contributed by atoms with Gasteiger partial charge >= 0.3 is 6.18 Å². The summed E-state index contributed by atoms with van der Waals surface area (Å²) >= 11 is -0.0214. The molecule has 48 heavy (non-hydrogen) atoms. The summed E-state index contributed by atoms with van der Waals surface area (Å²) in [6.45, 7) is 0.981. The lowest BCUT2D eigenvalue weighted by Crippen LogP contribution is -2.40. The zero-order valence-electron chi connectivity index (χ0n) is 41.2. The number of halogens is 4. The molecule has 1 aliphatic carbocycles. The summed E-state index contributed by atoms with van der Waals surface area (Å²) in [6.07, 6.45) is -4.76. The Kier molecular flexibility index (Phi) is 6.63. The minimum absolute atomic E-state index is 0.00403. The van der Waals surface area contributed by atoms with Crippen LogP contribution in [0.5, 0.6) is 0 Å². The van der Waals surface area contributed by atoms with Gasteiger partial charge in [-0.1, -0.05) is 73.9 Å². The van der Waals surface area contributed by atoms with Crippen LogP contribution in [0, 0.1) is 12.7 Å². The van der Waals surface area contributed by atoms with E-state index in [2.05, 4.69) is 4.98 Å². The van der Waals surface area contributed by atoms with Crippen molar-refractivity contribution in [1.29, 1.82) is 0 Å². The van der Waals surface area contributed by atoms with E-state index >= 15 is 0 Å². The Bertz CT molecular complexity index is 2500. The minimum atomic E-state index is -5.13. The van der Waals surface area contributed by atoms with Crippen LogP contribution in [-0.4, -0.2) is 51.4 Å². The number of thioether (sulfide) groups is 1. The van der Waals surface area contributed by atoms with Gasteiger partial charge in [-0.05, 0) is 85.2 Å². The Hall–Kier alpha value is -3.96. The van der Waals surface area contributed by atoms with Crippen LogP contribution in [0.4, 0.5) is 17.6 Å². The number of fused-ring (bicyclic) bond motifs is 1. The Morgan fingerprint density at radius 2 is 1.65 bits per heavy atom. The molecule has 1 aromatic heterocycles. The molecule has 1 aliphatic rings. The second kappa shape index (κ2) is 15.5. The van der Waals surface area contributed by atoms with Crippen LogP contribution in [0.1, 0.15) is 74.3 Å². The van der Waals surface area contributed by atoms with E-state index in [1.54, 1.807) is 13.8 Å². The standard InChI is InChI=1S/C37H40F4N4O2S/c1-4-43(5-2)19-20-44(22-26-9-13-28(14-10-26)29-15-18-32(25(3)21-29)37(39,40)41)34(46)23-45-33-8-6-7-31(33)35(47)42-36(45)48-24-27-11-16-30(38)17-12-27/h9-18,21H,4-8,19-20,22-24H2,1-3H3/i9D,10D,11D,12D,13D,14D,15D,16D,17D,18D,21D,23D2,24D2. The average Bonchev–Trinajstić information content (AvgIpc) is 3.69. The molecule has 0 bridgehead atoms. The maximum Gasteiger partial charge on any atom is 0.416 e. The molecule has 0 saturated carbocycles. The molecule has 0 N–H and O–H groups in total. The van der Waals surface area contributed by atoms with Gasteiger partial charge < -0.3 is 14.4 Å². The second-order valence-corrected chi connectivity index (χ2v) is 11.4. The number of rotatable bonds is 13. The second-order valence-electron chi connectivity index (χ2n) is 10.7. The van der Waals surface area contributed by atoms with Gasteiger partial charge in [0.25, 0.3) is 5.56 Å². The molecule has 3 aromatic carbocycles. The van der Waals surface area contributed by atoms with Crippen molar-refractivity contribution in [3.05, 3.63) is 116 Å². The lowest BCUT2D eigenvalue weighted by Gasteiger charge is -2.28. The summed E-state index contributed by atoms with van der Waals surface area (Å²) in [5.41, 5.74) is -9.35. The number of hydrogen-bond acceptors (Lipinski definition) is 5. The van der Waals surface area contributed by atoms with E-state index in [0.29, 0.717) is 17.7 Å². The van der Waals surface area contributed by atoms with Gasteiger partial charge in [0.1, 0.15) is 12.3 Å². The molecule has 254 valence electrons. The number of hydrogen-bond donors (Lipinski definition) is 0. The van der Waals surface area contributed by atoms with Crippen LogP contribution in [0.2, 0.25) is 0 Å². The first-order chi connectivity index (χ1) is 29.1. The lowest BCUT2D eigenvalue weighted by molar-refractivity contribution is -0.138. The molecular weight excluding hydrogens is 640 g/mol. The Morgan fingerprint density at radius 3 is 2.31 bits per heavy atom. The summed E-state index contributed by atoms with van der Waals surface area (Å²) in [6, 6.07) is -11.6. The van der Waals surface area contributed by atoms with Crippen molar-refractivity contribution < 1.29 is 42.9 Å². The third kappa shape index (κ3) is 8.54. The molecule has 0 spiro atoms. The lowest BCUT2D eigenvalue weighted by atomic mass is 9.98. The number of amides is 1. The van der Waals surface area contributed by atoms with Gasteiger partial charge in [0, 0.05) is 39.3 Å². The fourth-order valence-corrected chi connectivity index (χ4v) is 5.69. The van der Waals surface area contributed by atoms with Gasteiger partial charge in [-0.15, -0.1) is 0 Å². The van der Waals surface area contributed by atoms with Gasteiger partial charge in [0.05, 0.1) is 23.4 Å². The highest BCUT2D eigenvalue weighted by Crippen LogP contribution is 2.34.